The summed E-state index contributed by atoms with van der Waals surface area (Å²) in [7, 11) is 0. The summed E-state index contributed by atoms with van der Waals surface area (Å²) in [5.74, 6) is 0.459. The molecule has 132 valence electrons. The normalized spacial score (nSPS) is 10.8. The molecule has 0 saturated carbocycles. The zero-order valence-corrected chi connectivity index (χ0v) is 14.0. The molecule has 4 rings (SSSR count). The molecule has 0 saturated heterocycles. The summed E-state index contributed by atoms with van der Waals surface area (Å²) in [5, 5.41) is 12.0. The molecule has 4 aromatic rings. The molecule has 0 aliphatic heterocycles. The summed E-state index contributed by atoms with van der Waals surface area (Å²) in [6, 6.07) is 15.1. The van der Waals surface area contributed by atoms with E-state index in [0.717, 1.165) is 0 Å². The minimum absolute atomic E-state index is 0.459. The molecule has 1 aromatic carbocycles. The standard InChI is InChI=1S/C19H13N5O3/c20-13-7-10-22(11-8-13)18-15-12-17(24(26)27)19(25)23(16(15)6-9-21-18)14-4-2-1-3-5-14/h1-12,20H/p+1. The lowest BCUT2D eigenvalue weighted by Crippen LogP contribution is -2.32. The van der Waals surface area contributed by atoms with Crippen molar-refractivity contribution in [1.29, 1.82) is 0 Å². The van der Waals surface area contributed by atoms with Crippen molar-refractivity contribution in [3.8, 4) is 11.5 Å². The Morgan fingerprint density at radius 3 is 2.44 bits per heavy atom. The van der Waals surface area contributed by atoms with Gasteiger partial charge in [0.2, 0.25) is 0 Å². The number of aromatic nitrogens is 3. The topological polar surface area (TPSA) is 108 Å². The van der Waals surface area contributed by atoms with E-state index in [4.69, 9.17) is 5.73 Å². The highest BCUT2D eigenvalue weighted by Crippen LogP contribution is 2.23. The van der Waals surface area contributed by atoms with E-state index in [-0.39, 0.29) is 0 Å². The Morgan fingerprint density at radius 1 is 1.07 bits per heavy atom. The Hall–Kier alpha value is -4.07. The maximum Gasteiger partial charge on any atom is 0.337 e. The van der Waals surface area contributed by atoms with Gasteiger partial charge >= 0.3 is 17.1 Å². The van der Waals surface area contributed by atoms with Crippen LogP contribution in [0.1, 0.15) is 0 Å². The molecule has 3 heterocycles. The van der Waals surface area contributed by atoms with Crippen LogP contribution in [0.3, 0.4) is 0 Å². The maximum absolute atomic E-state index is 12.8. The molecule has 0 bridgehead atoms. The predicted octanol–water partition coefficient (Wildman–Crippen LogP) is 2.15. The minimum Gasteiger partial charge on any atom is -0.399 e. The monoisotopic (exact) mass is 360 g/mol. The van der Waals surface area contributed by atoms with Gasteiger partial charge in [-0.05, 0) is 17.1 Å². The van der Waals surface area contributed by atoms with E-state index >= 15 is 0 Å². The van der Waals surface area contributed by atoms with Crippen LogP contribution in [-0.4, -0.2) is 14.5 Å². The second kappa shape index (κ2) is 6.34. The number of anilines is 1. The molecule has 3 aromatic heterocycles. The highest BCUT2D eigenvalue weighted by Gasteiger charge is 2.24. The van der Waals surface area contributed by atoms with E-state index < -0.39 is 16.2 Å². The number of hydrogen-bond donors (Lipinski definition) is 1. The predicted molar refractivity (Wildman–Crippen MR) is 99.9 cm³/mol. The van der Waals surface area contributed by atoms with Crippen LogP contribution in [0.25, 0.3) is 22.4 Å². The van der Waals surface area contributed by atoms with E-state index in [1.165, 1.54) is 10.6 Å². The molecule has 27 heavy (non-hydrogen) atoms. The van der Waals surface area contributed by atoms with Crippen LogP contribution in [0.2, 0.25) is 0 Å². The Kier molecular flexibility index (Phi) is 3.85. The zero-order chi connectivity index (χ0) is 19.0. The number of nitrogens with two attached hydrogens (primary N) is 1. The number of hydrogen-bond acceptors (Lipinski definition) is 5. The number of nitrogens with zero attached hydrogens (tertiary/aromatic N) is 4. The molecule has 8 nitrogen and oxygen atoms in total. The number of pyridine rings is 3. The van der Waals surface area contributed by atoms with Crippen molar-refractivity contribution in [2.45, 2.75) is 0 Å². The minimum atomic E-state index is -0.696. The van der Waals surface area contributed by atoms with Gasteiger partial charge in [0, 0.05) is 35.6 Å². The molecule has 0 spiro atoms. The molecule has 0 atom stereocenters. The van der Waals surface area contributed by atoms with Gasteiger partial charge in [-0.25, -0.2) is 4.57 Å². The van der Waals surface area contributed by atoms with Crippen molar-refractivity contribution in [3.05, 3.63) is 93.7 Å². The van der Waals surface area contributed by atoms with E-state index in [1.54, 1.807) is 65.6 Å². The molecule has 0 radical (unpaired) electrons. The average Bonchev–Trinajstić information content (AvgIpc) is 2.68. The van der Waals surface area contributed by atoms with Crippen LogP contribution < -0.4 is 15.9 Å². The van der Waals surface area contributed by atoms with Crippen LogP contribution >= 0.6 is 0 Å². The molecule has 0 amide bonds. The highest BCUT2D eigenvalue weighted by atomic mass is 16.6. The number of nitrogen functional groups attached to an aromatic ring is 1. The first-order valence-electron chi connectivity index (χ1n) is 8.08. The molecular weight excluding hydrogens is 346 g/mol. The summed E-state index contributed by atoms with van der Waals surface area (Å²) < 4.78 is 3.03. The van der Waals surface area contributed by atoms with E-state index in [0.29, 0.717) is 28.1 Å². The van der Waals surface area contributed by atoms with Gasteiger partial charge in [0.05, 0.1) is 22.8 Å². The number of nitro groups is 1. The number of benzene rings is 1. The third-order valence-corrected chi connectivity index (χ3v) is 4.20. The largest absolute Gasteiger partial charge is 0.399 e. The van der Waals surface area contributed by atoms with E-state index in [9.17, 15) is 14.9 Å². The summed E-state index contributed by atoms with van der Waals surface area (Å²) in [4.78, 5) is 28.0. The van der Waals surface area contributed by atoms with E-state index in [1.807, 2.05) is 6.07 Å². The fourth-order valence-electron chi connectivity index (χ4n) is 2.96. The molecule has 8 heteroatoms. The van der Waals surface area contributed by atoms with E-state index in [2.05, 4.69) is 4.98 Å². The van der Waals surface area contributed by atoms with Gasteiger partial charge in [0.1, 0.15) is 11.6 Å². The van der Waals surface area contributed by atoms with Crippen molar-refractivity contribution in [2.24, 2.45) is 0 Å². The van der Waals surface area contributed by atoms with Gasteiger partial charge in [0.15, 0.2) is 0 Å². The molecule has 0 unspecified atom stereocenters. The fourth-order valence-corrected chi connectivity index (χ4v) is 2.96. The smallest absolute Gasteiger partial charge is 0.337 e. The fraction of sp³-hybridized carbons (Fsp3) is 0. The molecular formula is C19H14N5O3+. The Balaban J connectivity index is 2.13. The summed E-state index contributed by atoms with van der Waals surface area (Å²) in [6.45, 7) is 0. The summed E-state index contributed by atoms with van der Waals surface area (Å²) in [6.07, 6.45) is 4.98. The first-order valence-corrected chi connectivity index (χ1v) is 8.08. The second-order valence-corrected chi connectivity index (χ2v) is 5.87. The maximum atomic E-state index is 12.8. The van der Waals surface area contributed by atoms with Crippen molar-refractivity contribution in [1.82, 2.24) is 9.55 Å². The third-order valence-electron chi connectivity index (χ3n) is 4.20. The lowest BCUT2D eigenvalue weighted by Gasteiger charge is -2.10. The van der Waals surface area contributed by atoms with Crippen molar-refractivity contribution in [3.63, 3.8) is 0 Å². The molecule has 0 aliphatic rings. The second-order valence-electron chi connectivity index (χ2n) is 5.87. The summed E-state index contributed by atoms with van der Waals surface area (Å²) in [5.41, 5.74) is 6.16. The first kappa shape index (κ1) is 16.4. The van der Waals surface area contributed by atoms with Crippen LogP contribution in [0, 0.1) is 10.1 Å². The Labute approximate surface area is 152 Å². The van der Waals surface area contributed by atoms with Gasteiger partial charge in [0.25, 0.3) is 0 Å². The van der Waals surface area contributed by atoms with Crippen LogP contribution in [0.15, 0.2) is 78.0 Å². The quantitative estimate of drug-likeness (QED) is 0.342. The van der Waals surface area contributed by atoms with Crippen LogP contribution in [0.4, 0.5) is 11.4 Å². The van der Waals surface area contributed by atoms with Crippen LogP contribution in [0.5, 0.6) is 0 Å². The Bertz CT molecular complexity index is 1220. The van der Waals surface area contributed by atoms with Gasteiger partial charge in [-0.1, -0.05) is 18.2 Å². The van der Waals surface area contributed by atoms with Gasteiger partial charge in [-0.15, -0.1) is 0 Å². The summed E-state index contributed by atoms with van der Waals surface area (Å²) >= 11 is 0. The number of para-hydroxylation sites is 1. The van der Waals surface area contributed by atoms with Gasteiger partial charge in [-0.3, -0.25) is 19.5 Å². The van der Waals surface area contributed by atoms with Gasteiger partial charge < -0.3 is 5.73 Å². The molecule has 0 aliphatic carbocycles. The van der Waals surface area contributed by atoms with Gasteiger partial charge in [-0.2, -0.15) is 0 Å². The highest BCUT2D eigenvalue weighted by molar-refractivity contribution is 5.87. The lowest BCUT2D eigenvalue weighted by atomic mass is 10.2. The first-order chi connectivity index (χ1) is 13.1. The SMILES string of the molecule is Nc1cc[n+](-c2nccc3c2cc([N+](=O)[O-])c(=O)n3-c2ccccc2)cc1. The van der Waals surface area contributed by atoms with Crippen molar-refractivity contribution in [2.75, 3.05) is 5.73 Å². The lowest BCUT2D eigenvalue weighted by molar-refractivity contribution is -0.597. The zero-order valence-electron chi connectivity index (χ0n) is 14.0. The number of rotatable bonds is 3. The Morgan fingerprint density at radius 2 is 1.78 bits per heavy atom. The third kappa shape index (κ3) is 2.78. The number of fused-ring (bicyclic) bond motifs is 1. The molecule has 2 N–H and O–H groups in total. The van der Waals surface area contributed by atoms with Crippen molar-refractivity contribution < 1.29 is 9.49 Å². The average molecular weight is 360 g/mol. The molecule has 0 fully saturated rings. The van der Waals surface area contributed by atoms with Crippen LogP contribution in [-0.2, 0) is 0 Å². The van der Waals surface area contributed by atoms with Crippen molar-refractivity contribution >= 4 is 22.3 Å².